The van der Waals surface area contributed by atoms with E-state index < -0.39 is 5.56 Å². The number of nitrogens with zero attached hydrogens (tertiary/aromatic N) is 1. The number of hydrogen-bond acceptors (Lipinski definition) is 3. The predicted octanol–water partition coefficient (Wildman–Crippen LogP) is 1.16. The van der Waals surface area contributed by atoms with Crippen molar-refractivity contribution in [3.05, 3.63) is 33.2 Å². The number of aromatic amines is 1. The van der Waals surface area contributed by atoms with E-state index in [-0.39, 0.29) is 29.5 Å². The fraction of sp³-hybridized carbons (Fsp3) is 0.500. The molecule has 6 nitrogen and oxygen atoms in total. The van der Waals surface area contributed by atoms with Gasteiger partial charge in [-0.15, -0.1) is 0 Å². The highest BCUT2D eigenvalue weighted by Gasteiger charge is 2.28. The molecular weight excluding hydrogens is 294 g/mol. The van der Waals surface area contributed by atoms with Crippen molar-refractivity contribution in [3.8, 4) is 0 Å². The maximum atomic E-state index is 12.6. The van der Waals surface area contributed by atoms with Crippen LogP contribution < -0.4 is 10.9 Å². The summed E-state index contributed by atoms with van der Waals surface area (Å²) in [4.78, 5) is 39.6. The second-order valence-electron chi connectivity index (χ2n) is 5.42. The van der Waals surface area contributed by atoms with Crippen LogP contribution in [0.5, 0.6) is 0 Å². The van der Waals surface area contributed by atoms with Crippen molar-refractivity contribution >= 4 is 23.4 Å². The van der Waals surface area contributed by atoms with E-state index >= 15 is 0 Å². The predicted molar refractivity (Wildman–Crippen MR) is 79.4 cm³/mol. The third kappa shape index (κ3) is 3.64. The van der Waals surface area contributed by atoms with Gasteiger partial charge < -0.3 is 15.2 Å². The standard InChI is InChI=1S/C14H18ClN3O3/c1-8(2)18(7-10-3-4-12(19)17-10)14(21)11-5-9(15)6-16-13(11)20/h5-6,8,10H,3-4,7H2,1-2H3,(H,16,20)(H,17,19). The van der Waals surface area contributed by atoms with E-state index in [2.05, 4.69) is 10.3 Å². The number of pyridine rings is 1. The first-order valence-electron chi connectivity index (χ1n) is 6.87. The van der Waals surface area contributed by atoms with E-state index in [1.165, 1.54) is 12.3 Å². The van der Waals surface area contributed by atoms with Gasteiger partial charge in [0.25, 0.3) is 11.5 Å². The normalized spacial score (nSPS) is 17.9. The molecule has 0 aromatic carbocycles. The molecule has 1 aromatic rings. The molecule has 7 heteroatoms. The lowest BCUT2D eigenvalue weighted by Gasteiger charge is -2.29. The molecule has 0 radical (unpaired) electrons. The van der Waals surface area contributed by atoms with Gasteiger partial charge in [-0.05, 0) is 26.3 Å². The van der Waals surface area contributed by atoms with Crippen LogP contribution in [0, 0.1) is 0 Å². The smallest absolute Gasteiger partial charge is 0.260 e. The van der Waals surface area contributed by atoms with Crippen LogP contribution in [0.2, 0.25) is 5.02 Å². The van der Waals surface area contributed by atoms with Gasteiger partial charge in [0.1, 0.15) is 5.56 Å². The fourth-order valence-electron chi connectivity index (χ4n) is 2.35. The van der Waals surface area contributed by atoms with Gasteiger partial charge in [0, 0.05) is 31.2 Å². The Balaban J connectivity index is 2.21. The van der Waals surface area contributed by atoms with E-state index in [9.17, 15) is 14.4 Å². The van der Waals surface area contributed by atoms with Crippen molar-refractivity contribution in [3.63, 3.8) is 0 Å². The van der Waals surface area contributed by atoms with Gasteiger partial charge in [-0.25, -0.2) is 0 Å². The lowest BCUT2D eigenvalue weighted by atomic mass is 10.1. The SMILES string of the molecule is CC(C)N(CC1CCC(=O)N1)C(=O)c1cc(Cl)c[nH]c1=O. The average molecular weight is 312 g/mol. The third-order valence-electron chi connectivity index (χ3n) is 3.48. The summed E-state index contributed by atoms with van der Waals surface area (Å²) in [6.07, 6.45) is 2.52. The van der Waals surface area contributed by atoms with Crippen molar-refractivity contribution < 1.29 is 9.59 Å². The van der Waals surface area contributed by atoms with Gasteiger partial charge in [0.15, 0.2) is 0 Å². The molecule has 1 unspecified atom stereocenters. The summed E-state index contributed by atoms with van der Waals surface area (Å²) in [5, 5.41) is 3.13. The quantitative estimate of drug-likeness (QED) is 0.875. The number of amides is 2. The van der Waals surface area contributed by atoms with E-state index in [1.54, 1.807) is 4.90 Å². The summed E-state index contributed by atoms with van der Waals surface area (Å²) in [5.74, 6) is -0.383. The minimum atomic E-state index is -0.467. The van der Waals surface area contributed by atoms with Crippen LogP contribution in [0.25, 0.3) is 0 Å². The Morgan fingerprint density at radius 3 is 2.76 bits per heavy atom. The second-order valence-corrected chi connectivity index (χ2v) is 5.85. The van der Waals surface area contributed by atoms with Gasteiger partial charge in [-0.2, -0.15) is 0 Å². The molecule has 1 atom stereocenters. The molecule has 114 valence electrons. The maximum Gasteiger partial charge on any atom is 0.260 e. The first kappa shape index (κ1) is 15.6. The summed E-state index contributed by atoms with van der Waals surface area (Å²) >= 11 is 5.84. The Morgan fingerprint density at radius 1 is 1.48 bits per heavy atom. The number of aromatic nitrogens is 1. The van der Waals surface area contributed by atoms with Crippen molar-refractivity contribution in [1.82, 2.24) is 15.2 Å². The van der Waals surface area contributed by atoms with Gasteiger partial charge in [0.05, 0.1) is 5.02 Å². The minimum absolute atomic E-state index is 0.00300. The van der Waals surface area contributed by atoms with Crippen molar-refractivity contribution in [2.24, 2.45) is 0 Å². The van der Waals surface area contributed by atoms with Crippen LogP contribution >= 0.6 is 11.6 Å². The third-order valence-corrected chi connectivity index (χ3v) is 3.70. The number of nitrogens with one attached hydrogen (secondary N) is 2. The van der Waals surface area contributed by atoms with Crippen LogP contribution in [0.15, 0.2) is 17.1 Å². The lowest BCUT2D eigenvalue weighted by molar-refractivity contribution is -0.119. The Labute approximate surface area is 127 Å². The molecule has 1 saturated heterocycles. The van der Waals surface area contributed by atoms with Crippen molar-refractivity contribution in [2.45, 2.75) is 38.8 Å². The van der Waals surface area contributed by atoms with Gasteiger partial charge in [-0.1, -0.05) is 11.6 Å². The summed E-state index contributed by atoms with van der Waals surface area (Å²) < 4.78 is 0. The number of halogens is 1. The monoisotopic (exact) mass is 311 g/mol. The molecule has 2 N–H and O–H groups in total. The molecule has 1 aliphatic heterocycles. The largest absolute Gasteiger partial charge is 0.352 e. The van der Waals surface area contributed by atoms with E-state index in [4.69, 9.17) is 11.6 Å². The zero-order chi connectivity index (χ0) is 15.6. The van der Waals surface area contributed by atoms with Crippen LogP contribution in [0.1, 0.15) is 37.0 Å². The molecule has 1 fully saturated rings. The highest BCUT2D eigenvalue weighted by molar-refractivity contribution is 6.30. The Bertz CT molecular complexity index is 612. The second kappa shape index (κ2) is 6.30. The van der Waals surface area contributed by atoms with Crippen LogP contribution in [-0.4, -0.2) is 40.3 Å². The van der Waals surface area contributed by atoms with Crippen molar-refractivity contribution in [2.75, 3.05) is 6.54 Å². The molecule has 0 bridgehead atoms. The first-order valence-corrected chi connectivity index (χ1v) is 7.25. The van der Waals surface area contributed by atoms with E-state index in [0.29, 0.717) is 24.4 Å². The number of carbonyl (C=O) groups excluding carboxylic acids is 2. The van der Waals surface area contributed by atoms with E-state index in [1.807, 2.05) is 13.8 Å². The van der Waals surface area contributed by atoms with Crippen LogP contribution in [-0.2, 0) is 4.79 Å². The number of H-pyrrole nitrogens is 1. The molecule has 0 spiro atoms. The van der Waals surface area contributed by atoms with Gasteiger partial charge >= 0.3 is 0 Å². The molecule has 2 heterocycles. The number of rotatable bonds is 4. The molecule has 2 amide bonds. The molecule has 0 aliphatic carbocycles. The van der Waals surface area contributed by atoms with Crippen LogP contribution in [0.4, 0.5) is 0 Å². The molecular formula is C14H18ClN3O3. The van der Waals surface area contributed by atoms with E-state index in [0.717, 1.165) is 0 Å². The number of hydrogen-bond donors (Lipinski definition) is 2. The Hall–Kier alpha value is -1.82. The Morgan fingerprint density at radius 2 is 2.19 bits per heavy atom. The van der Waals surface area contributed by atoms with Crippen LogP contribution in [0.3, 0.4) is 0 Å². The highest BCUT2D eigenvalue weighted by atomic mass is 35.5. The first-order chi connectivity index (χ1) is 9.88. The summed E-state index contributed by atoms with van der Waals surface area (Å²) in [6.45, 7) is 4.12. The lowest BCUT2D eigenvalue weighted by Crippen LogP contribution is -2.46. The summed E-state index contributed by atoms with van der Waals surface area (Å²) in [5.41, 5.74) is -0.453. The van der Waals surface area contributed by atoms with Crippen molar-refractivity contribution in [1.29, 1.82) is 0 Å². The molecule has 0 saturated carbocycles. The molecule has 2 rings (SSSR count). The number of carbonyl (C=O) groups is 2. The zero-order valence-corrected chi connectivity index (χ0v) is 12.7. The molecule has 1 aromatic heterocycles. The van der Waals surface area contributed by atoms with Gasteiger partial charge in [-0.3, -0.25) is 14.4 Å². The maximum absolute atomic E-state index is 12.6. The Kier molecular flexibility index (Phi) is 4.67. The summed E-state index contributed by atoms with van der Waals surface area (Å²) in [7, 11) is 0. The average Bonchev–Trinajstić information content (AvgIpc) is 2.83. The zero-order valence-electron chi connectivity index (χ0n) is 12.0. The molecule has 21 heavy (non-hydrogen) atoms. The summed E-state index contributed by atoms with van der Waals surface area (Å²) in [6, 6.07) is 1.21. The topological polar surface area (TPSA) is 82.3 Å². The minimum Gasteiger partial charge on any atom is -0.352 e. The molecule has 1 aliphatic rings. The van der Waals surface area contributed by atoms with Gasteiger partial charge in [0.2, 0.25) is 5.91 Å². The fourth-order valence-corrected chi connectivity index (χ4v) is 2.51. The highest BCUT2D eigenvalue weighted by Crippen LogP contribution is 2.14.